The van der Waals surface area contributed by atoms with Gasteiger partial charge in [-0.3, -0.25) is 0 Å². The van der Waals surface area contributed by atoms with Crippen LogP contribution < -0.4 is 15.4 Å². The number of hydrogen-bond acceptors (Lipinski definition) is 6. The molecule has 8 heteroatoms. The fourth-order valence-electron chi connectivity index (χ4n) is 1.52. The summed E-state index contributed by atoms with van der Waals surface area (Å²) in [6.45, 7) is 4.94. The van der Waals surface area contributed by atoms with Crippen LogP contribution in [0.1, 0.15) is 5.69 Å². The molecule has 112 valence electrons. The molecule has 0 spiro atoms. The van der Waals surface area contributed by atoms with Crippen molar-refractivity contribution in [3.8, 4) is 5.88 Å². The molecule has 0 atom stereocenters. The lowest BCUT2D eigenvalue weighted by Gasteiger charge is -2.09. The number of nitrogens with one attached hydrogen (secondary N) is 2. The van der Waals surface area contributed by atoms with Crippen LogP contribution in [0.3, 0.4) is 0 Å². The number of benzene rings is 1. The van der Waals surface area contributed by atoms with Crippen LogP contribution in [0.25, 0.3) is 5.70 Å². The van der Waals surface area contributed by atoms with E-state index >= 15 is 0 Å². The van der Waals surface area contributed by atoms with Crippen molar-refractivity contribution in [2.75, 3.05) is 25.5 Å². The number of ether oxygens (including phenoxy) is 1. The van der Waals surface area contributed by atoms with E-state index in [-0.39, 0.29) is 11.7 Å². The first-order valence-electron chi connectivity index (χ1n) is 6.13. The van der Waals surface area contributed by atoms with Crippen molar-refractivity contribution in [2.45, 2.75) is 0 Å². The smallest absolute Gasteiger partial charge is 0.285 e. The molecule has 0 amide bonds. The number of nitrogens with zero attached hydrogens (tertiary/aromatic N) is 2. The van der Waals surface area contributed by atoms with E-state index in [0.29, 0.717) is 34.7 Å². The van der Waals surface area contributed by atoms with Gasteiger partial charge in [0.15, 0.2) is 5.69 Å². The maximum Gasteiger partial charge on any atom is 0.285 e. The lowest BCUT2D eigenvalue weighted by atomic mass is 10.3. The third-order valence-corrected chi connectivity index (χ3v) is 3.16. The number of aromatic nitrogens is 2. The highest BCUT2D eigenvalue weighted by atomic mass is 79.9. The Morgan fingerprint density at radius 2 is 2.29 bits per heavy atom. The number of hydrogen-bond donors (Lipinski definition) is 2. The Kier molecular flexibility index (Phi) is 5.29. The highest BCUT2D eigenvalue weighted by Crippen LogP contribution is 2.25. The van der Waals surface area contributed by atoms with Gasteiger partial charge in [0, 0.05) is 12.2 Å². The molecule has 1 aromatic carbocycles. The Balaban J connectivity index is 2.06. The van der Waals surface area contributed by atoms with Gasteiger partial charge in [0.1, 0.15) is 12.4 Å². The van der Waals surface area contributed by atoms with Crippen LogP contribution in [0.5, 0.6) is 5.88 Å². The maximum atomic E-state index is 13.2. The average molecular weight is 357 g/mol. The van der Waals surface area contributed by atoms with E-state index in [1.165, 1.54) is 6.07 Å². The summed E-state index contributed by atoms with van der Waals surface area (Å²) in [6, 6.07) is 4.51. The molecule has 6 nitrogen and oxygen atoms in total. The Hall–Kier alpha value is -1.93. The van der Waals surface area contributed by atoms with E-state index < -0.39 is 0 Å². The molecular formula is C13H14BrFN4O2. The standard InChI is InChI=1S/C13H14BrFN4O2/c1-8(17-9-3-4-11(15)10(14)7-9)12-13(19-21-18-12)20-6-5-16-2/h3-4,7,16-17H,1,5-6H2,2H3. The molecule has 21 heavy (non-hydrogen) atoms. The topological polar surface area (TPSA) is 72.2 Å². The largest absolute Gasteiger partial charge is 0.473 e. The first-order chi connectivity index (χ1) is 10.1. The van der Waals surface area contributed by atoms with Gasteiger partial charge < -0.3 is 15.4 Å². The first kappa shape index (κ1) is 15.5. The van der Waals surface area contributed by atoms with Crippen molar-refractivity contribution in [3.05, 3.63) is 40.8 Å². The predicted molar refractivity (Wildman–Crippen MR) is 80.5 cm³/mol. The summed E-state index contributed by atoms with van der Waals surface area (Å²) in [5.41, 5.74) is 1.46. The maximum absolute atomic E-state index is 13.2. The molecule has 0 bridgehead atoms. The predicted octanol–water partition coefficient (Wildman–Crippen LogP) is 2.65. The lowest BCUT2D eigenvalue weighted by Crippen LogP contribution is -2.16. The molecule has 0 aliphatic heterocycles. The summed E-state index contributed by atoms with van der Waals surface area (Å²) in [5.74, 6) is -0.0886. The molecule has 0 aliphatic carbocycles. The number of rotatable bonds is 7. The van der Waals surface area contributed by atoms with Crippen LogP contribution in [0.2, 0.25) is 0 Å². The van der Waals surface area contributed by atoms with Crippen LogP contribution in [0, 0.1) is 5.82 Å². The van der Waals surface area contributed by atoms with Crippen LogP contribution in [-0.4, -0.2) is 30.5 Å². The normalized spacial score (nSPS) is 10.4. The fraction of sp³-hybridized carbons (Fsp3) is 0.231. The van der Waals surface area contributed by atoms with Gasteiger partial charge in [0.25, 0.3) is 5.88 Å². The average Bonchev–Trinajstić information content (AvgIpc) is 2.92. The summed E-state index contributed by atoms with van der Waals surface area (Å²) in [7, 11) is 1.82. The number of anilines is 1. The van der Waals surface area contributed by atoms with Crippen LogP contribution in [0.15, 0.2) is 33.9 Å². The van der Waals surface area contributed by atoms with Crippen molar-refractivity contribution < 1.29 is 13.8 Å². The van der Waals surface area contributed by atoms with Crippen molar-refractivity contribution >= 4 is 27.3 Å². The van der Waals surface area contributed by atoms with E-state index in [1.807, 2.05) is 7.05 Å². The quantitative estimate of drug-likeness (QED) is 0.743. The molecule has 0 fully saturated rings. The fourth-order valence-corrected chi connectivity index (χ4v) is 1.90. The van der Waals surface area contributed by atoms with Crippen molar-refractivity contribution in [1.29, 1.82) is 0 Å². The zero-order valence-corrected chi connectivity index (χ0v) is 12.9. The summed E-state index contributed by atoms with van der Waals surface area (Å²) >= 11 is 3.12. The van der Waals surface area contributed by atoms with Crippen molar-refractivity contribution in [3.63, 3.8) is 0 Å². The number of halogens is 2. The van der Waals surface area contributed by atoms with Gasteiger partial charge in [-0.1, -0.05) is 6.58 Å². The molecule has 0 unspecified atom stereocenters. The zero-order chi connectivity index (χ0) is 15.2. The van der Waals surface area contributed by atoms with Gasteiger partial charge in [-0.15, -0.1) is 0 Å². The van der Waals surface area contributed by atoms with Gasteiger partial charge in [-0.2, -0.15) is 0 Å². The van der Waals surface area contributed by atoms with Crippen LogP contribution >= 0.6 is 15.9 Å². The Morgan fingerprint density at radius 1 is 1.48 bits per heavy atom. The molecule has 0 aliphatic rings. The summed E-state index contributed by atoms with van der Waals surface area (Å²) in [5, 5.41) is 13.4. The van der Waals surface area contributed by atoms with E-state index in [2.05, 4.69) is 48.1 Å². The number of likely N-dealkylation sites (N-methyl/N-ethyl adjacent to an activating group) is 1. The molecule has 1 heterocycles. The summed E-state index contributed by atoms with van der Waals surface area (Å²) in [4.78, 5) is 0. The Labute approximate surface area is 129 Å². The second-order valence-electron chi connectivity index (χ2n) is 4.10. The van der Waals surface area contributed by atoms with Gasteiger partial charge >= 0.3 is 0 Å². The molecular weight excluding hydrogens is 343 g/mol. The van der Waals surface area contributed by atoms with E-state index in [9.17, 15) is 4.39 Å². The molecule has 0 saturated carbocycles. The summed E-state index contributed by atoms with van der Waals surface area (Å²) in [6.07, 6.45) is 0. The third kappa shape index (κ3) is 4.02. The molecule has 0 radical (unpaired) electrons. The van der Waals surface area contributed by atoms with E-state index in [0.717, 1.165) is 0 Å². The van der Waals surface area contributed by atoms with Gasteiger partial charge in [-0.25, -0.2) is 9.02 Å². The molecule has 1 aromatic heterocycles. The van der Waals surface area contributed by atoms with Crippen LogP contribution in [0.4, 0.5) is 10.1 Å². The first-order valence-corrected chi connectivity index (χ1v) is 6.92. The highest BCUT2D eigenvalue weighted by molar-refractivity contribution is 9.10. The minimum absolute atomic E-state index is 0.254. The minimum Gasteiger partial charge on any atom is -0.473 e. The zero-order valence-electron chi connectivity index (χ0n) is 11.3. The van der Waals surface area contributed by atoms with Crippen molar-refractivity contribution in [2.24, 2.45) is 0 Å². The second kappa shape index (κ2) is 7.19. The van der Waals surface area contributed by atoms with Crippen LogP contribution in [-0.2, 0) is 0 Å². The Morgan fingerprint density at radius 3 is 3.00 bits per heavy atom. The molecule has 0 saturated heterocycles. The summed E-state index contributed by atoms with van der Waals surface area (Å²) < 4.78 is 23.6. The molecule has 2 rings (SSSR count). The molecule has 2 aromatic rings. The van der Waals surface area contributed by atoms with Crippen molar-refractivity contribution in [1.82, 2.24) is 15.6 Å². The van der Waals surface area contributed by atoms with Gasteiger partial charge in [0.05, 0.1) is 10.2 Å². The third-order valence-electron chi connectivity index (χ3n) is 2.55. The van der Waals surface area contributed by atoms with Gasteiger partial charge in [0.2, 0.25) is 0 Å². The van der Waals surface area contributed by atoms with Gasteiger partial charge in [-0.05, 0) is 51.5 Å². The Bertz CT molecular complexity index is 632. The second-order valence-corrected chi connectivity index (χ2v) is 4.96. The monoisotopic (exact) mass is 356 g/mol. The lowest BCUT2D eigenvalue weighted by molar-refractivity contribution is 0.256. The minimum atomic E-state index is -0.342. The SMILES string of the molecule is C=C(Nc1ccc(F)c(Br)c1)c1nonc1OCCNC. The van der Waals surface area contributed by atoms with E-state index in [1.54, 1.807) is 12.1 Å². The van der Waals surface area contributed by atoms with E-state index in [4.69, 9.17) is 4.74 Å². The highest BCUT2D eigenvalue weighted by Gasteiger charge is 2.15. The molecule has 2 N–H and O–H groups in total.